The van der Waals surface area contributed by atoms with Crippen molar-refractivity contribution in [3.8, 4) is 0 Å². The van der Waals surface area contributed by atoms with E-state index in [1.165, 1.54) is 77.0 Å². The smallest absolute Gasteiger partial charge is 0.0383 e. The maximum Gasteiger partial charge on any atom is -0.0383 e. The average Bonchev–Trinajstić information content (AvgIpc) is 2.27. The fraction of sp³-hybridized carbons (Fsp3) is 1.00. The number of hydrogen-bond donors (Lipinski definition) is 0. The zero-order chi connectivity index (χ0) is 15.5. The van der Waals surface area contributed by atoms with E-state index in [1.807, 2.05) is 0 Å². The van der Waals surface area contributed by atoms with Crippen LogP contribution in [0.5, 0.6) is 0 Å². The van der Waals surface area contributed by atoms with Crippen LogP contribution in [-0.4, -0.2) is 0 Å². The minimum Gasteiger partial charge on any atom is -0.0602 e. The van der Waals surface area contributed by atoms with Gasteiger partial charge in [0, 0.05) is 0 Å². The Kier molecular flexibility index (Phi) is 10.7. The molecule has 0 aromatic rings. The molecule has 0 rings (SSSR count). The minimum absolute atomic E-state index is 0.535. The van der Waals surface area contributed by atoms with E-state index >= 15 is 0 Å². The lowest BCUT2D eigenvalue weighted by Crippen LogP contribution is -2.03. The van der Waals surface area contributed by atoms with Crippen LogP contribution in [0.2, 0.25) is 0 Å². The summed E-state index contributed by atoms with van der Waals surface area (Å²) in [4.78, 5) is 0. The molecule has 0 heterocycles. The van der Waals surface area contributed by atoms with Crippen molar-refractivity contribution in [3.63, 3.8) is 0 Å². The van der Waals surface area contributed by atoms with Gasteiger partial charge in [0.25, 0.3) is 0 Å². The van der Waals surface area contributed by atoms with Gasteiger partial charge in [0.15, 0.2) is 0 Å². The van der Waals surface area contributed by atoms with Crippen molar-refractivity contribution in [2.45, 2.75) is 119 Å². The first-order chi connectivity index (χ1) is 9.21. The van der Waals surface area contributed by atoms with Gasteiger partial charge in [-0.1, -0.05) is 106 Å². The summed E-state index contributed by atoms with van der Waals surface area (Å²) in [5.74, 6) is 0. The number of rotatable bonds is 11. The van der Waals surface area contributed by atoms with Gasteiger partial charge in [0.2, 0.25) is 0 Å². The molecule has 0 saturated carbocycles. The summed E-state index contributed by atoms with van der Waals surface area (Å²) in [5.41, 5.74) is 1.07. The lowest BCUT2D eigenvalue weighted by atomic mass is 9.89. The largest absolute Gasteiger partial charge is 0.0602 e. The Morgan fingerprint density at radius 2 is 0.550 bits per heavy atom. The molecule has 0 amide bonds. The van der Waals surface area contributed by atoms with Crippen LogP contribution in [0.3, 0.4) is 0 Å². The van der Waals surface area contributed by atoms with Crippen molar-refractivity contribution in [2.75, 3.05) is 0 Å². The highest BCUT2D eigenvalue weighted by atomic mass is 14.1. The van der Waals surface area contributed by atoms with Gasteiger partial charge in [-0.05, 0) is 23.7 Å². The Morgan fingerprint density at radius 3 is 0.750 bits per heavy atom. The molecule has 0 atom stereocenters. The predicted molar refractivity (Wildman–Crippen MR) is 94.3 cm³/mol. The number of unbranched alkanes of at least 4 members (excludes halogenated alkanes) is 9. The molecule has 0 spiro atoms. The molecule has 0 bridgehead atoms. The summed E-state index contributed by atoms with van der Waals surface area (Å²) in [6, 6.07) is 0. The fourth-order valence-corrected chi connectivity index (χ4v) is 2.72. The standard InChI is InChI=1S/C20H42/c1-19(2,3)17-15-13-11-9-7-8-10-12-14-16-18-20(4,5)6/h7-18H2,1-6H3. The quantitative estimate of drug-likeness (QED) is 0.340. The third-order valence-corrected chi connectivity index (χ3v) is 4.10. The van der Waals surface area contributed by atoms with Crippen molar-refractivity contribution < 1.29 is 0 Å². The van der Waals surface area contributed by atoms with Gasteiger partial charge in [-0.2, -0.15) is 0 Å². The molecule has 0 aromatic heterocycles. The van der Waals surface area contributed by atoms with Crippen LogP contribution in [0.1, 0.15) is 119 Å². The van der Waals surface area contributed by atoms with Crippen molar-refractivity contribution in [3.05, 3.63) is 0 Å². The SMILES string of the molecule is CC(C)(C)CCCCCCCCCCCCC(C)(C)C. The summed E-state index contributed by atoms with van der Waals surface area (Å²) < 4.78 is 0. The minimum atomic E-state index is 0.535. The summed E-state index contributed by atoms with van der Waals surface area (Å²) >= 11 is 0. The highest BCUT2D eigenvalue weighted by Gasteiger charge is 2.09. The molecule has 122 valence electrons. The van der Waals surface area contributed by atoms with E-state index in [4.69, 9.17) is 0 Å². The molecule has 0 unspecified atom stereocenters. The molecule has 0 aromatic carbocycles. The molecule has 0 aliphatic carbocycles. The molecule has 0 saturated heterocycles. The molecule has 0 aliphatic heterocycles. The van der Waals surface area contributed by atoms with E-state index in [0.717, 1.165) is 0 Å². The fourth-order valence-electron chi connectivity index (χ4n) is 2.72. The van der Waals surface area contributed by atoms with Crippen LogP contribution in [-0.2, 0) is 0 Å². The van der Waals surface area contributed by atoms with Crippen LogP contribution in [0.15, 0.2) is 0 Å². The third kappa shape index (κ3) is 18.0. The second-order valence-electron chi connectivity index (χ2n) is 9.16. The maximum atomic E-state index is 2.35. The zero-order valence-corrected chi connectivity index (χ0v) is 15.5. The van der Waals surface area contributed by atoms with Crippen molar-refractivity contribution in [1.29, 1.82) is 0 Å². The van der Waals surface area contributed by atoms with Crippen LogP contribution < -0.4 is 0 Å². The molecule has 0 radical (unpaired) electrons. The average molecular weight is 283 g/mol. The normalized spacial score (nSPS) is 12.9. The lowest BCUT2D eigenvalue weighted by molar-refractivity contribution is 0.354. The highest BCUT2D eigenvalue weighted by Crippen LogP contribution is 2.23. The Labute approximate surface area is 130 Å². The maximum absolute atomic E-state index is 2.35. The van der Waals surface area contributed by atoms with Crippen LogP contribution >= 0.6 is 0 Å². The molecule has 0 N–H and O–H groups in total. The van der Waals surface area contributed by atoms with Crippen LogP contribution in [0.4, 0.5) is 0 Å². The van der Waals surface area contributed by atoms with Crippen LogP contribution in [0, 0.1) is 10.8 Å². The van der Waals surface area contributed by atoms with E-state index in [1.54, 1.807) is 0 Å². The molecular weight excluding hydrogens is 240 g/mol. The Balaban J connectivity index is 3.10. The van der Waals surface area contributed by atoms with Crippen molar-refractivity contribution >= 4 is 0 Å². The number of hydrogen-bond acceptors (Lipinski definition) is 0. The Hall–Kier alpha value is 0. The van der Waals surface area contributed by atoms with Crippen LogP contribution in [0.25, 0.3) is 0 Å². The van der Waals surface area contributed by atoms with E-state index < -0.39 is 0 Å². The Morgan fingerprint density at radius 1 is 0.350 bits per heavy atom. The van der Waals surface area contributed by atoms with E-state index in [0.29, 0.717) is 10.8 Å². The molecule has 0 nitrogen and oxygen atoms in total. The molecule has 20 heavy (non-hydrogen) atoms. The van der Waals surface area contributed by atoms with E-state index in [-0.39, 0.29) is 0 Å². The predicted octanol–water partition coefficient (Wildman–Crippen LogP) is 7.76. The van der Waals surface area contributed by atoms with Gasteiger partial charge in [-0.15, -0.1) is 0 Å². The summed E-state index contributed by atoms with van der Waals surface area (Å²) in [5, 5.41) is 0. The first-order valence-electron chi connectivity index (χ1n) is 9.21. The van der Waals surface area contributed by atoms with E-state index in [9.17, 15) is 0 Å². The van der Waals surface area contributed by atoms with E-state index in [2.05, 4.69) is 41.5 Å². The third-order valence-electron chi connectivity index (χ3n) is 4.10. The second kappa shape index (κ2) is 10.7. The summed E-state index contributed by atoms with van der Waals surface area (Å²) in [7, 11) is 0. The Bertz CT molecular complexity index is 177. The molecular formula is C20H42. The topological polar surface area (TPSA) is 0 Å². The first-order valence-corrected chi connectivity index (χ1v) is 9.21. The first kappa shape index (κ1) is 20.0. The van der Waals surface area contributed by atoms with Gasteiger partial charge in [0.05, 0.1) is 0 Å². The van der Waals surface area contributed by atoms with Gasteiger partial charge < -0.3 is 0 Å². The highest BCUT2D eigenvalue weighted by molar-refractivity contribution is 4.62. The van der Waals surface area contributed by atoms with Gasteiger partial charge in [-0.3, -0.25) is 0 Å². The van der Waals surface area contributed by atoms with Crippen molar-refractivity contribution in [2.24, 2.45) is 10.8 Å². The van der Waals surface area contributed by atoms with Crippen molar-refractivity contribution in [1.82, 2.24) is 0 Å². The molecule has 0 heteroatoms. The zero-order valence-electron chi connectivity index (χ0n) is 15.5. The molecule has 0 fully saturated rings. The lowest BCUT2D eigenvalue weighted by Gasteiger charge is -2.17. The monoisotopic (exact) mass is 282 g/mol. The van der Waals surface area contributed by atoms with Gasteiger partial charge in [-0.25, -0.2) is 0 Å². The second-order valence-corrected chi connectivity index (χ2v) is 9.16. The van der Waals surface area contributed by atoms with Gasteiger partial charge >= 0.3 is 0 Å². The molecule has 0 aliphatic rings. The van der Waals surface area contributed by atoms with Gasteiger partial charge in [0.1, 0.15) is 0 Å². The summed E-state index contributed by atoms with van der Waals surface area (Å²) in [6.07, 6.45) is 17.3. The summed E-state index contributed by atoms with van der Waals surface area (Å²) in [6.45, 7) is 14.1.